The van der Waals surface area contributed by atoms with Crippen LogP contribution in [0.4, 0.5) is 0 Å². The van der Waals surface area contributed by atoms with Crippen LogP contribution in [0.3, 0.4) is 0 Å². The minimum Gasteiger partial charge on any atom is -0.379 e. The van der Waals surface area contributed by atoms with Gasteiger partial charge in [0.25, 0.3) is 0 Å². The number of ether oxygens (including phenoxy) is 1. The first-order valence-electron chi connectivity index (χ1n) is 9.58. The van der Waals surface area contributed by atoms with Gasteiger partial charge < -0.3 is 15.4 Å². The minimum absolute atomic E-state index is 0. The third-order valence-corrected chi connectivity index (χ3v) is 5.60. The van der Waals surface area contributed by atoms with Crippen molar-refractivity contribution < 1.29 is 9.53 Å². The number of carbonyl (C=O) groups is 1. The monoisotopic (exact) mass is 417 g/mol. The number of carbonyl (C=O) groups excluding carboxylic acids is 1. The van der Waals surface area contributed by atoms with Gasteiger partial charge in [-0.2, -0.15) is 0 Å². The highest BCUT2D eigenvalue weighted by Crippen LogP contribution is 2.26. The Bertz CT molecular complexity index is 555. The second-order valence-electron chi connectivity index (χ2n) is 7.32. The van der Waals surface area contributed by atoms with Crippen LogP contribution in [-0.4, -0.2) is 61.1 Å². The SMILES string of the molecule is CC(C(=O)N1CCCCC1CN1CCOCC1)C(N)c1ccccc1.Cl.Cl. The molecule has 7 heteroatoms. The molecule has 2 N–H and O–H groups in total. The second kappa shape index (κ2) is 11.9. The predicted octanol–water partition coefficient (Wildman–Crippen LogP) is 2.88. The summed E-state index contributed by atoms with van der Waals surface area (Å²) in [5, 5.41) is 0. The fourth-order valence-electron chi connectivity index (χ4n) is 3.94. The lowest BCUT2D eigenvalue weighted by Gasteiger charge is -2.41. The number of hydrogen-bond donors (Lipinski definition) is 1. The van der Waals surface area contributed by atoms with Crippen LogP contribution in [0, 0.1) is 5.92 Å². The number of hydrogen-bond acceptors (Lipinski definition) is 4. The Kier molecular flexibility index (Phi) is 10.6. The van der Waals surface area contributed by atoms with E-state index in [2.05, 4.69) is 9.80 Å². The summed E-state index contributed by atoms with van der Waals surface area (Å²) in [5.74, 6) is 0.00185. The molecular formula is C20H33Cl2N3O2. The lowest BCUT2D eigenvalue weighted by Crippen LogP contribution is -2.53. The van der Waals surface area contributed by atoms with Crippen LogP contribution in [0.2, 0.25) is 0 Å². The van der Waals surface area contributed by atoms with Gasteiger partial charge in [-0.05, 0) is 24.8 Å². The summed E-state index contributed by atoms with van der Waals surface area (Å²) in [5.41, 5.74) is 7.43. The molecule has 2 fully saturated rings. The fourth-order valence-corrected chi connectivity index (χ4v) is 3.94. The molecule has 0 bridgehead atoms. The molecule has 1 aromatic carbocycles. The van der Waals surface area contributed by atoms with E-state index in [1.165, 1.54) is 6.42 Å². The Balaban J connectivity index is 0.00000182. The normalized spacial score (nSPS) is 22.9. The molecule has 154 valence electrons. The van der Waals surface area contributed by atoms with Crippen molar-refractivity contribution in [1.29, 1.82) is 0 Å². The number of piperidine rings is 1. The first kappa shape index (κ1) is 24.2. The number of benzene rings is 1. The average Bonchev–Trinajstić information content (AvgIpc) is 2.68. The van der Waals surface area contributed by atoms with Crippen molar-refractivity contribution in [1.82, 2.24) is 9.80 Å². The fraction of sp³-hybridized carbons (Fsp3) is 0.650. The van der Waals surface area contributed by atoms with E-state index >= 15 is 0 Å². The lowest BCUT2D eigenvalue weighted by atomic mass is 9.92. The summed E-state index contributed by atoms with van der Waals surface area (Å²) in [6.45, 7) is 7.34. The third kappa shape index (κ3) is 6.33. The molecule has 3 atom stereocenters. The Morgan fingerprint density at radius 3 is 2.48 bits per heavy atom. The van der Waals surface area contributed by atoms with E-state index in [4.69, 9.17) is 10.5 Å². The van der Waals surface area contributed by atoms with Crippen LogP contribution in [0.25, 0.3) is 0 Å². The molecule has 2 saturated heterocycles. The van der Waals surface area contributed by atoms with Gasteiger partial charge in [0.15, 0.2) is 0 Å². The smallest absolute Gasteiger partial charge is 0.227 e. The Morgan fingerprint density at radius 2 is 1.81 bits per heavy atom. The number of amides is 1. The van der Waals surface area contributed by atoms with Crippen LogP contribution >= 0.6 is 24.8 Å². The summed E-state index contributed by atoms with van der Waals surface area (Å²) >= 11 is 0. The van der Waals surface area contributed by atoms with Gasteiger partial charge in [-0.1, -0.05) is 37.3 Å². The van der Waals surface area contributed by atoms with E-state index in [0.29, 0.717) is 6.04 Å². The maximum absolute atomic E-state index is 13.2. The van der Waals surface area contributed by atoms with Gasteiger partial charge in [-0.3, -0.25) is 9.69 Å². The van der Waals surface area contributed by atoms with Gasteiger partial charge in [0, 0.05) is 38.3 Å². The molecule has 2 aliphatic rings. The van der Waals surface area contributed by atoms with Crippen molar-refractivity contribution in [3.8, 4) is 0 Å². The first-order valence-corrected chi connectivity index (χ1v) is 9.58. The van der Waals surface area contributed by atoms with Gasteiger partial charge in [-0.25, -0.2) is 0 Å². The molecule has 0 radical (unpaired) electrons. The molecule has 0 aliphatic carbocycles. The second-order valence-corrected chi connectivity index (χ2v) is 7.32. The van der Waals surface area contributed by atoms with Crippen molar-refractivity contribution in [3.63, 3.8) is 0 Å². The van der Waals surface area contributed by atoms with Crippen molar-refractivity contribution in [3.05, 3.63) is 35.9 Å². The number of rotatable bonds is 5. The Hall–Kier alpha value is -0.850. The molecule has 3 unspecified atom stereocenters. The zero-order valence-corrected chi connectivity index (χ0v) is 17.7. The maximum Gasteiger partial charge on any atom is 0.227 e. The van der Waals surface area contributed by atoms with E-state index in [1.807, 2.05) is 37.3 Å². The molecular weight excluding hydrogens is 385 g/mol. The van der Waals surface area contributed by atoms with Crippen LogP contribution in [0.15, 0.2) is 30.3 Å². The molecule has 0 spiro atoms. The van der Waals surface area contributed by atoms with Crippen molar-refractivity contribution in [2.45, 2.75) is 38.3 Å². The maximum atomic E-state index is 13.2. The molecule has 2 aliphatic heterocycles. The average molecular weight is 418 g/mol. The van der Waals surface area contributed by atoms with E-state index in [0.717, 1.165) is 57.8 Å². The summed E-state index contributed by atoms with van der Waals surface area (Å²) in [7, 11) is 0. The van der Waals surface area contributed by atoms with E-state index < -0.39 is 0 Å². The number of nitrogens with zero attached hydrogens (tertiary/aromatic N) is 2. The summed E-state index contributed by atoms with van der Waals surface area (Å²) in [4.78, 5) is 17.7. The zero-order chi connectivity index (χ0) is 17.6. The topological polar surface area (TPSA) is 58.8 Å². The summed E-state index contributed by atoms with van der Waals surface area (Å²) < 4.78 is 5.44. The van der Waals surface area contributed by atoms with E-state index in [-0.39, 0.29) is 42.7 Å². The quantitative estimate of drug-likeness (QED) is 0.799. The van der Waals surface area contributed by atoms with Gasteiger partial charge in [0.2, 0.25) is 5.91 Å². The van der Waals surface area contributed by atoms with Gasteiger partial charge in [-0.15, -0.1) is 24.8 Å². The number of nitrogens with two attached hydrogens (primary N) is 1. The van der Waals surface area contributed by atoms with Crippen molar-refractivity contribution in [2.24, 2.45) is 11.7 Å². The van der Waals surface area contributed by atoms with E-state index in [9.17, 15) is 4.79 Å². The summed E-state index contributed by atoms with van der Waals surface area (Å²) in [6.07, 6.45) is 3.40. The molecule has 0 aromatic heterocycles. The Morgan fingerprint density at radius 1 is 1.15 bits per heavy atom. The van der Waals surface area contributed by atoms with Crippen LogP contribution in [-0.2, 0) is 9.53 Å². The van der Waals surface area contributed by atoms with E-state index in [1.54, 1.807) is 0 Å². The van der Waals surface area contributed by atoms with Crippen molar-refractivity contribution >= 4 is 30.7 Å². The molecule has 5 nitrogen and oxygen atoms in total. The lowest BCUT2D eigenvalue weighted by molar-refractivity contribution is -0.140. The predicted molar refractivity (Wildman–Crippen MR) is 114 cm³/mol. The highest BCUT2D eigenvalue weighted by atomic mass is 35.5. The molecule has 1 aromatic rings. The molecule has 0 saturated carbocycles. The standard InChI is InChI=1S/C20H31N3O2.2ClH/c1-16(19(21)17-7-3-2-4-8-17)20(24)23-10-6-5-9-18(23)15-22-11-13-25-14-12-22;;/h2-4,7-8,16,18-19H,5-6,9-15,21H2,1H3;2*1H. The number of halogens is 2. The minimum atomic E-state index is -0.250. The largest absolute Gasteiger partial charge is 0.379 e. The van der Waals surface area contributed by atoms with Crippen LogP contribution in [0.1, 0.15) is 37.8 Å². The number of likely N-dealkylation sites (tertiary alicyclic amines) is 1. The Labute approximate surface area is 175 Å². The number of morpholine rings is 1. The van der Waals surface area contributed by atoms with Gasteiger partial charge >= 0.3 is 0 Å². The highest BCUT2D eigenvalue weighted by molar-refractivity contribution is 5.85. The molecule has 2 heterocycles. The van der Waals surface area contributed by atoms with Crippen molar-refractivity contribution in [2.75, 3.05) is 39.4 Å². The molecule has 1 amide bonds. The van der Waals surface area contributed by atoms with Gasteiger partial charge in [0.05, 0.1) is 19.1 Å². The van der Waals surface area contributed by atoms with Crippen LogP contribution in [0.5, 0.6) is 0 Å². The zero-order valence-electron chi connectivity index (χ0n) is 16.1. The molecule has 27 heavy (non-hydrogen) atoms. The summed E-state index contributed by atoms with van der Waals surface area (Å²) in [6, 6.07) is 10.0. The van der Waals surface area contributed by atoms with Gasteiger partial charge in [0.1, 0.15) is 0 Å². The van der Waals surface area contributed by atoms with Crippen LogP contribution < -0.4 is 5.73 Å². The highest BCUT2D eigenvalue weighted by Gasteiger charge is 2.33. The molecule has 3 rings (SSSR count). The first-order chi connectivity index (χ1) is 12.2. The third-order valence-electron chi connectivity index (χ3n) is 5.60.